The molecular formula is C17H26NO13P. The molecule has 1 aliphatic heterocycles. The third-order valence-corrected chi connectivity index (χ3v) is 4.46. The number of ether oxygens (including phenoxy) is 4. The van der Waals surface area contributed by atoms with Gasteiger partial charge in [-0.25, -0.2) is 4.57 Å². The lowest BCUT2D eigenvalue weighted by Gasteiger charge is -2.44. The van der Waals surface area contributed by atoms with Crippen LogP contribution in [0.2, 0.25) is 0 Å². The molecule has 1 saturated heterocycles. The second kappa shape index (κ2) is 12.0. The average molecular weight is 483 g/mol. The summed E-state index contributed by atoms with van der Waals surface area (Å²) in [6.07, 6.45) is -6.72. The first-order chi connectivity index (χ1) is 14.7. The predicted molar refractivity (Wildman–Crippen MR) is 101 cm³/mol. The Bertz CT molecular complexity index is 778. The van der Waals surface area contributed by atoms with E-state index in [9.17, 15) is 38.3 Å². The van der Waals surface area contributed by atoms with Gasteiger partial charge in [0.25, 0.3) is 0 Å². The SMILES string of the molecule is CC(=O)CCC(=O)N[C@H]1[C@H](OP(=O)(O)O)O[C@H](COC(C)=O)[C@@H](OC(C)=O)[C@@H]1OC(C)=O. The van der Waals surface area contributed by atoms with Gasteiger partial charge >= 0.3 is 25.7 Å². The largest absolute Gasteiger partial charge is 0.472 e. The molecule has 0 aromatic carbocycles. The highest BCUT2D eigenvalue weighted by molar-refractivity contribution is 7.46. The number of Topliss-reactive ketones (excluding diaryl/α,β-unsaturated/α-hetero) is 1. The summed E-state index contributed by atoms with van der Waals surface area (Å²) in [6, 6.07) is -1.57. The molecule has 1 heterocycles. The Labute approximate surface area is 183 Å². The number of amides is 1. The monoisotopic (exact) mass is 483 g/mol. The van der Waals surface area contributed by atoms with Crippen LogP contribution in [-0.2, 0) is 52.0 Å². The summed E-state index contributed by atoms with van der Waals surface area (Å²) in [7, 11) is -5.20. The van der Waals surface area contributed by atoms with Crippen molar-refractivity contribution in [2.75, 3.05) is 6.61 Å². The Hall–Kier alpha value is -2.38. The van der Waals surface area contributed by atoms with Crippen molar-refractivity contribution < 1.29 is 61.8 Å². The van der Waals surface area contributed by atoms with E-state index in [1.54, 1.807) is 0 Å². The first-order valence-corrected chi connectivity index (χ1v) is 10.9. The molecule has 1 amide bonds. The molecule has 15 heteroatoms. The van der Waals surface area contributed by atoms with Gasteiger partial charge in [0.05, 0.1) is 0 Å². The number of ketones is 1. The molecule has 0 bridgehead atoms. The smallest absolute Gasteiger partial charge is 0.463 e. The molecule has 3 N–H and O–H groups in total. The Morgan fingerprint density at radius 3 is 1.94 bits per heavy atom. The van der Waals surface area contributed by atoms with Gasteiger partial charge in [-0.1, -0.05) is 0 Å². The highest BCUT2D eigenvalue weighted by atomic mass is 31.2. The second-order valence-corrected chi connectivity index (χ2v) is 8.08. The van der Waals surface area contributed by atoms with Crippen LogP contribution in [0.3, 0.4) is 0 Å². The van der Waals surface area contributed by atoms with Crippen LogP contribution in [0, 0.1) is 0 Å². The normalized spacial score (nSPS) is 25.4. The van der Waals surface area contributed by atoms with Crippen molar-refractivity contribution in [3.63, 3.8) is 0 Å². The summed E-state index contributed by atoms with van der Waals surface area (Å²) in [6.45, 7) is 3.82. The van der Waals surface area contributed by atoms with Crippen LogP contribution in [-0.4, -0.2) is 76.6 Å². The highest BCUT2D eigenvalue weighted by Gasteiger charge is 2.52. The molecule has 1 rings (SSSR count). The van der Waals surface area contributed by atoms with E-state index < -0.39 is 68.9 Å². The van der Waals surface area contributed by atoms with Crippen molar-refractivity contribution in [1.82, 2.24) is 5.32 Å². The van der Waals surface area contributed by atoms with Crippen LogP contribution in [0.5, 0.6) is 0 Å². The molecule has 0 aromatic heterocycles. The lowest BCUT2D eigenvalue weighted by molar-refractivity contribution is -0.260. The van der Waals surface area contributed by atoms with Gasteiger partial charge in [0.2, 0.25) is 5.91 Å². The molecule has 0 aliphatic carbocycles. The van der Waals surface area contributed by atoms with Gasteiger partial charge in [-0.15, -0.1) is 0 Å². The minimum absolute atomic E-state index is 0.135. The van der Waals surface area contributed by atoms with Crippen molar-refractivity contribution >= 4 is 37.4 Å². The average Bonchev–Trinajstić information content (AvgIpc) is 2.61. The standard InChI is InChI=1S/C17H26NO13P/c1-8(19)5-6-13(23)18-14-16(29-11(4)22)15(28-10(3)21)12(7-27-9(2)20)30-17(14)31-32(24,25)26/h12,14-17H,5-7H2,1-4H3,(H,18,23)(H2,24,25,26)/t12-,14-,15-,16-,17+/m1/s1. The first kappa shape index (κ1) is 27.7. The summed E-state index contributed by atoms with van der Waals surface area (Å²) >= 11 is 0. The van der Waals surface area contributed by atoms with E-state index in [1.807, 2.05) is 0 Å². The Morgan fingerprint density at radius 1 is 0.906 bits per heavy atom. The van der Waals surface area contributed by atoms with Crippen LogP contribution in [0.4, 0.5) is 0 Å². The van der Waals surface area contributed by atoms with Crippen molar-refractivity contribution in [3.05, 3.63) is 0 Å². The van der Waals surface area contributed by atoms with Gasteiger partial charge in [0.1, 0.15) is 24.5 Å². The zero-order valence-corrected chi connectivity index (χ0v) is 18.7. The van der Waals surface area contributed by atoms with E-state index in [0.29, 0.717) is 0 Å². The van der Waals surface area contributed by atoms with E-state index in [1.165, 1.54) is 6.92 Å². The summed E-state index contributed by atoms with van der Waals surface area (Å²) in [5.41, 5.74) is 0. The zero-order valence-electron chi connectivity index (χ0n) is 17.8. The predicted octanol–water partition coefficient (Wildman–Crippen LogP) is -0.899. The van der Waals surface area contributed by atoms with E-state index in [-0.39, 0.29) is 18.6 Å². The number of carbonyl (C=O) groups is 5. The molecule has 14 nitrogen and oxygen atoms in total. The number of phosphoric acid groups is 1. The minimum atomic E-state index is -5.20. The summed E-state index contributed by atoms with van der Waals surface area (Å²) in [5, 5.41) is 2.33. The molecule has 1 fully saturated rings. The van der Waals surface area contributed by atoms with Gasteiger partial charge in [-0.2, -0.15) is 0 Å². The van der Waals surface area contributed by atoms with Crippen LogP contribution >= 0.6 is 7.82 Å². The quantitative estimate of drug-likeness (QED) is 0.196. The summed E-state index contributed by atoms with van der Waals surface area (Å²) < 4.78 is 36.7. The number of hydrogen-bond acceptors (Lipinski definition) is 11. The fourth-order valence-corrected chi connectivity index (χ4v) is 3.28. The lowest BCUT2D eigenvalue weighted by Crippen LogP contribution is -2.66. The van der Waals surface area contributed by atoms with E-state index in [0.717, 1.165) is 20.8 Å². The molecule has 0 spiro atoms. The van der Waals surface area contributed by atoms with Crippen LogP contribution in [0.25, 0.3) is 0 Å². The summed E-state index contributed by atoms with van der Waals surface area (Å²) in [4.78, 5) is 76.5. The Balaban J connectivity index is 3.36. The number of nitrogens with one attached hydrogen (secondary N) is 1. The fraction of sp³-hybridized carbons (Fsp3) is 0.706. The van der Waals surface area contributed by atoms with Crippen LogP contribution < -0.4 is 5.32 Å². The molecule has 0 aromatic rings. The minimum Gasteiger partial charge on any atom is -0.463 e. The molecule has 1 aliphatic rings. The maximum Gasteiger partial charge on any atom is 0.472 e. The van der Waals surface area contributed by atoms with Gasteiger partial charge in [0.15, 0.2) is 18.5 Å². The number of esters is 3. The number of carbonyl (C=O) groups excluding carboxylic acids is 5. The Morgan fingerprint density at radius 2 is 1.47 bits per heavy atom. The fourth-order valence-electron chi connectivity index (χ4n) is 2.83. The molecule has 0 radical (unpaired) electrons. The van der Waals surface area contributed by atoms with Crippen molar-refractivity contribution in [2.24, 2.45) is 0 Å². The van der Waals surface area contributed by atoms with Gasteiger partial charge < -0.3 is 38.8 Å². The molecule has 0 saturated carbocycles. The number of phosphoric ester groups is 1. The second-order valence-electron chi connectivity index (χ2n) is 6.88. The zero-order chi connectivity index (χ0) is 24.6. The molecule has 182 valence electrons. The maximum atomic E-state index is 12.3. The van der Waals surface area contributed by atoms with Gasteiger partial charge in [-0.05, 0) is 6.92 Å². The molecule has 5 atom stereocenters. The third kappa shape index (κ3) is 9.83. The maximum absolute atomic E-state index is 12.3. The molecular weight excluding hydrogens is 457 g/mol. The molecule has 32 heavy (non-hydrogen) atoms. The van der Waals surface area contributed by atoms with Crippen LogP contribution in [0.1, 0.15) is 40.5 Å². The van der Waals surface area contributed by atoms with Crippen LogP contribution in [0.15, 0.2) is 0 Å². The van der Waals surface area contributed by atoms with Gasteiger partial charge in [0, 0.05) is 33.6 Å². The highest BCUT2D eigenvalue weighted by Crippen LogP contribution is 2.41. The van der Waals surface area contributed by atoms with Crippen molar-refractivity contribution in [1.29, 1.82) is 0 Å². The van der Waals surface area contributed by atoms with E-state index in [2.05, 4.69) is 9.84 Å². The summed E-state index contributed by atoms with van der Waals surface area (Å²) in [5.74, 6) is -3.53. The Kier molecular flexibility index (Phi) is 10.4. The third-order valence-electron chi connectivity index (χ3n) is 3.97. The number of rotatable bonds is 10. The molecule has 0 unspecified atom stereocenters. The number of hydrogen-bond donors (Lipinski definition) is 3. The van der Waals surface area contributed by atoms with Crippen molar-refractivity contribution in [3.8, 4) is 0 Å². The van der Waals surface area contributed by atoms with E-state index >= 15 is 0 Å². The van der Waals surface area contributed by atoms with Gasteiger partial charge in [-0.3, -0.25) is 23.7 Å². The van der Waals surface area contributed by atoms with Crippen molar-refractivity contribution in [2.45, 2.75) is 71.2 Å². The van der Waals surface area contributed by atoms with E-state index in [4.69, 9.17) is 18.9 Å². The first-order valence-electron chi connectivity index (χ1n) is 9.35. The topological polar surface area (TPSA) is 201 Å². The lowest BCUT2D eigenvalue weighted by atomic mass is 9.96.